The van der Waals surface area contributed by atoms with Crippen molar-refractivity contribution in [1.29, 1.82) is 0 Å². The molecule has 10 nitrogen and oxygen atoms in total. The fraction of sp³-hybridized carbons (Fsp3) is 0.300. The van der Waals surface area contributed by atoms with E-state index in [1.54, 1.807) is 0 Å². The fourth-order valence-electron chi connectivity index (χ4n) is 1.23. The zero-order valence-electron chi connectivity index (χ0n) is 10.2. The van der Waals surface area contributed by atoms with Gasteiger partial charge in [0.1, 0.15) is 11.0 Å². The first-order chi connectivity index (χ1) is 9.35. The Morgan fingerprint density at radius 3 is 2.60 bits per heavy atom. The predicted molar refractivity (Wildman–Crippen MR) is 60.9 cm³/mol. The molecule has 10 heteroatoms. The number of carbonyl (C=O) groups excluding carboxylic acids is 2. The van der Waals surface area contributed by atoms with Crippen molar-refractivity contribution in [1.82, 2.24) is 5.32 Å². The molecule has 0 aliphatic carbocycles. The minimum atomic E-state index is -1.53. The molecule has 1 aromatic rings. The summed E-state index contributed by atoms with van der Waals surface area (Å²) < 4.78 is 8.89. The molecular weight excluding hydrogens is 276 g/mol. The van der Waals surface area contributed by atoms with E-state index in [2.05, 4.69) is 9.15 Å². The van der Waals surface area contributed by atoms with Crippen LogP contribution in [0.1, 0.15) is 17.0 Å². The number of nitrogens with zero attached hydrogens (tertiary/aromatic N) is 1. The second-order valence-electron chi connectivity index (χ2n) is 3.54. The molecule has 0 fully saturated rings. The number of rotatable bonds is 6. The zero-order valence-corrected chi connectivity index (χ0v) is 10.2. The first-order valence-corrected chi connectivity index (χ1v) is 5.20. The van der Waals surface area contributed by atoms with E-state index in [-0.39, 0.29) is 0 Å². The normalized spacial score (nSPS) is 11.4. The van der Waals surface area contributed by atoms with Crippen LogP contribution in [0.15, 0.2) is 16.5 Å². The topological polar surface area (TPSA) is 149 Å². The Labute approximate surface area is 111 Å². The number of ether oxygens (including phenoxy) is 1. The van der Waals surface area contributed by atoms with Crippen molar-refractivity contribution in [2.45, 2.75) is 12.5 Å². The van der Waals surface area contributed by atoms with Crippen molar-refractivity contribution < 1.29 is 33.6 Å². The number of nitro groups is 1. The van der Waals surface area contributed by atoms with Gasteiger partial charge in [0.25, 0.3) is 5.91 Å². The van der Waals surface area contributed by atoms with Crippen molar-refractivity contribution in [2.75, 3.05) is 7.11 Å². The third kappa shape index (κ3) is 3.80. The van der Waals surface area contributed by atoms with Gasteiger partial charge < -0.3 is 19.6 Å². The summed E-state index contributed by atoms with van der Waals surface area (Å²) in [7, 11) is 1.07. The number of methoxy groups -OCH3 is 1. The van der Waals surface area contributed by atoms with E-state index in [1.807, 2.05) is 5.32 Å². The second-order valence-corrected chi connectivity index (χ2v) is 3.54. The molecule has 0 bridgehead atoms. The fourth-order valence-corrected chi connectivity index (χ4v) is 1.23. The summed E-state index contributed by atoms with van der Waals surface area (Å²) in [5.41, 5.74) is 0. The number of furan rings is 1. The number of carbonyl (C=O) groups is 3. The average Bonchev–Trinajstić information content (AvgIpc) is 2.87. The summed E-state index contributed by atoms with van der Waals surface area (Å²) in [5.74, 6) is -4.37. The molecule has 1 atom stereocenters. The number of hydrogen-bond acceptors (Lipinski definition) is 7. The Morgan fingerprint density at radius 2 is 2.15 bits per heavy atom. The monoisotopic (exact) mass is 286 g/mol. The maximum absolute atomic E-state index is 11.6. The Hall–Kier alpha value is -2.91. The number of carboxylic acids is 1. The highest BCUT2D eigenvalue weighted by atomic mass is 16.6. The third-order valence-electron chi connectivity index (χ3n) is 2.20. The standard InChI is InChI=1S/C10H10N2O8/c1-19-8(13)4-5(10(15)16)11-9(14)6-2-3-7(20-6)12(17)18/h2-3,5H,4H2,1H3,(H,11,14)(H,15,16)/t5-/m0/s1. The van der Waals surface area contributed by atoms with Gasteiger partial charge in [-0.1, -0.05) is 0 Å². The summed E-state index contributed by atoms with van der Waals surface area (Å²) in [6.45, 7) is 0. The summed E-state index contributed by atoms with van der Waals surface area (Å²) in [6, 6.07) is 0.439. The first-order valence-electron chi connectivity index (χ1n) is 5.20. The quantitative estimate of drug-likeness (QED) is 0.419. The van der Waals surface area contributed by atoms with Crippen LogP contribution in [0.25, 0.3) is 0 Å². The number of hydrogen-bond donors (Lipinski definition) is 2. The Morgan fingerprint density at radius 1 is 1.50 bits per heavy atom. The molecule has 0 spiro atoms. The van der Waals surface area contributed by atoms with Crippen LogP contribution < -0.4 is 5.32 Å². The number of amides is 1. The molecule has 0 aromatic carbocycles. The van der Waals surface area contributed by atoms with Gasteiger partial charge in [0.15, 0.2) is 5.76 Å². The van der Waals surface area contributed by atoms with Gasteiger partial charge in [0, 0.05) is 0 Å². The van der Waals surface area contributed by atoms with Gasteiger partial charge in [-0.25, -0.2) is 4.79 Å². The molecule has 1 rings (SSSR count). The Kier molecular flexibility index (Phi) is 4.78. The smallest absolute Gasteiger partial charge is 0.433 e. The molecular formula is C10H10N2O8. The van der Waals surface area contributed by atoms with Crippen LogP contribution in [0.4, 0.5) is 5.88 Å². The van der Waals surface area contributed by atoms with Crippen molar-refractivity contribution in [3.05, 3.63) is 28.0 Å². The molecule has 0 unspecified atom stereocenters. The van der Waals surface area contributed by atoms with Gasteiger partial charge in [0.2, 0.25) is 0 Å². The Bertz CT molecular complexity index is 549. The van der Waals surface area contributed by atoms with E-state index in [9.17, 15) is 24.5 Å². The van der Waals surface area contributed by atoms with Crippen molar-refractivity contribution in [3.8, 4) is 0 Å². The average molecular weight is 286 g/mol. The van der Waals surface area contributed by atoms with E-state index in [1.165, 1.54) is 0 Å². The first kappa shape index (κ1) is 15.1. The van der Waals surface area contributed by atoms with Gasteiger partial charge in [-0.05, 0) is 6.07 Å². The van der Waals surface area contributed by atoms with E-state index in [0.29, 0.717) is 0 Å². The number of nitrogens with one attached hydrogen (secondary N) is 1. The second kappa shape index (κ2) is 6.31. The molecule has 1 amide bonds. The summed E-state index contributed by atoms with van der Waals surface area (Å²) >= 11 is 0. The van der Waals surface area contributed by atoms with Crippen LogP contribution >= 0.6 is 0 Å². The number of aliphatic carboxylic acids is 1. The van der Waals surface area contributed by atoms with Crippen LogP contribution in [-0.2, 0) is 14.3 Å². The van der Waals surface area contributed by atoms with E-state index >= 15 is 0 Å². The maximum Gasteiger partial charge on any atom is 0.433 e. The number of esters is 1. The molecule has 2 N–H and O–H groups in total. The van der Waals surface area contributed by atoms with Crippen molar-refractivity contribution in [3.63, 3.8) is 0 Å². The van der Waals surface area contributed by atoms with Crippen LogP contribution in [0.3, 0.4) is 0 Å². The van der Waals surface area contributed by atoms with Gasteiger partial charge in [-0.15, -0.1) is 0 Å². The molecule has 0 aliphatic rings. The molecule has 0 aliphatic heterocycles. The minimum Gasteiger partial charge on any atom is -0.480 e. The van der Waals surface area contributed by atoms with Gasteiger partial charge in [-0.3, -0.25) is 19.7 Å². The summed E-state index contributed by atoms with van der Waals surface area (Å²) in [4.78, 5) is 43.0. The highest BCUT2D eigenvalue weighted by Crippen LogP contribution is 2.15. The largest absolute Gasteiger partial charge is 0.480 e. The lowest BCUT2D eigenvalue weighted by atomic mass is 10.2. The highest BCUT2D eigenvalue weighted by molar-refractivity contribution is 5.95. The van der Waals surface area contributed by atoms with Gasteiger partial charge >= 0.3 is 17.8 Å². The molecule has 0 saturated carbocycles. The van der Waals surface area contributed by atoms with E-state index in [4.69, 9.17) is 5.11 Å². The van der Waals surface area contributed by atoms with Crippen molar-refractivity contribution >= 4 is 23.7 Å². The molecule has 1 aromatic heterocycles. The summed E-state index contributed by atoms with van der Waals surface area (Å²) in [6.07, 6.45) is -0.583. The van der Waals surface area contributed by atoms with Gasteiger partial charge in [0.05, 0.1) is 19.6 Å². The van der Waals surface area contributed by atoms with E-state index in [0.717, 1.165) is 19.2 Å². The predicted octanol–water partition coefficient (Wildman–Crippen LogP) is -0.0661. The van der Waals surface area contributed by atoms with Crippen LogP contribution in [0.5, 0.6) is 0 Å². The SMILES string of the molecule is COC(=O)C[C@H](NC(=O)c1ccc([N+](=O)[O-])o1)C(=O)O. The molecule has 0 radical (unpaired) electrons. The lowest BCUT2D eigenvalue weighted by Gasteiger charge is -2.11. The van der Waals surface area contributed by atoms with E-state index < -0.39 is 46.9 Å². The lowest BCUT2D eigenvalue weighted by molar-refractivity contribution is -0.402. The number of carboxylic acid groups (broad SMARTS) is 1. The van der Waals surface area contributed by atoms with Crippen molar-refractivity contribution in [2.24, 2.45) is 0 Å². The van der Waals surface area contributed by atoms with Crippen LogP contribution in [-0.4, -0.2) is 41.0 Å². The molecule has 0 saturated heterocycles. The Balaban J connectivity index is 2.77. The molecule has 20 heavy (non-hydrogen) atoms. The summed E-state index contributed by atoms with van der Waals surface area (Å²) in [5, 5.41) is 21.2. The highest BCUT2D eigenvalue weighted by Gasteiger charge is 2.26. The third-order valence-corrected chi connectivity index (χ3v) is 2.20. The molecule has 108 valence electrons. The zero-order chi connectivity index (χ0) is 15.3. The van der Waals surface area contributed by atoms with Crippen LogP contribution in [0, 0.1) is 10.1 Å². The minimum absolute atomic E-state index is 0.437. The van der Waals surface area contributed by atoms with Gasteiger partial charge in [-0.2, -0.15) is 0 Å². The van der Waals surface area contributed by atoms with Crippen LogP contribution in [0.2, 0.25) is 0 Å². The maximum atomic E-state index is 11.6. The lowest BCUT2D eigenvalue weighted by Crippen LogP contribution is -2.42. The molecule has 1 heterocycles.